The van der Waals surface area contributed by atoms with E-state index >= 15 is 0 Å². The standard InChI is InChI=1S/C16H22N4O2.ClH/c1-10(9-17)18-15(21)11-6-7-14-13(8-11)19-16(22)20(14)12-4-2-3-5-12;/h6-8,10,12H,2-5,9,17H2,1H3,(H,18,21)(H,19,22);1H/t10-;/m0./s1. The number of nitrogens with two attached hydrogens (primary N) is 1. The van der Waals surface area contributed by atoms with Gasteiger partial charge in [0.2, 0.25) is 0 Å². The van der Waals surface area contributed by atoms with Gasteiger partial charge in [-0.2, -0.15) is 0 Å². The van der Waals surface area contributed by atoms with Gasteiger partial charge in [0.25, 0.3) is 5.91 Å². The maximum absolute atomic E-state index is 12.2. The number of aromatic amines is 1. The van der Waals surface area contributed by atoms with Crippen LogP contribution in [-0.2, 0) is 0 Å². The molecule has 0 unspecified atom stereocenters. The predicted octanol–water partition coefficient (Wildman–Crippen LogP) is 1.94. The first kappa shape index (κ1) is 17.6. The van der Waals surface area contributed by atoms with E-state index in [0.29, 0.717) is 17.6 Å². The van der Waals surface area contributed by atoms with E-state index in [-0.39, 0.29) is 36.1 Å². The molecular weight excluding hydrogens is 316 g/mol. The van der Waals surface area contributed by atoms with Crippen LogP contribution in [0.5, 0.6) is 0 Å². The number of benzene rings is 1. The average molecular weight is 339 g/mol. The number of imidazole rings is 1. The topological polar surface area (TPSA) is 92.9 Å². The number of rotatable bonds is 4. The van der Waals surface area contributed by atoms with Crippen LogP contribution in [0.25, 0.3) is 11.0 Å². The Kier molecular flexibility index (Phi) is 5.49. The summed E-state index contributed by atoms with van der Waals surface area (Å²) < 4.78 is 1.84. The molecule has 1 atom stereocenters. The second-order valence-corrected chi connectivity index (χ2v) is 6.08. The van der Waals surface area contributed by atoms with Crippen molar-refractivity contribution in [2.24, 2.45) is 5.73 Å². The van der Waals surface area contributed by atoms with E-state index in [1.54, 1.807) is 12.1 Å². The van der Waals surface area contributed by atoms with Gasteiger partial charge in [0.15, 0.2) is 0 Å². The number of amides is 1. The quantitative estimate of drug-likeness (QED) is 0.795. The Labute approximate surface area is 140 Å². The summed E-state index contributed by atoms with van der Waals surface area (Å²) in [5, 5.41) is 2.82. The zero-order chi connectivity index (χ0) is 15.7. The lowest BCUT2D eigenvalue weighted by Gasteiger charge is -2.12. The van der Waals surface area contributed by atoms with Crippen molar-refractivity contribution in [2.75, 3.05) is 6.54 Å². The molecule has 0 bridgehead atoms. The van der Waals surface area contributed by atoms with Crippen LogP contribution in [0.15, 0.2) is 23.0 Å². The largest absolute Gasteiger partial charge is 0.348 e. The number of nitrogens with zero attached hydrogens (tertiary/aromatic N) is 1. The van der Waals surface area contributed by atoms with Crippen molar-refractivity contribution in [3.8, 4) is 0 Å². The number of carbonyl (C=O) groups is 1. The summed E-state index contributed by atoms with van der Waals surface area (Å²) in [7, 11) is 0. The molecule has 3 rings (SSSR count). The van der Waals surface area contributed by atoms with Crippen LogP contribution in [0, 0.1) is 0 Å². The maximum atomic E-state index is 12.2. The number of aromatic nitrogens is 2. The highest BCUT2D eigenvalue weighted by molar-refractivity contribution is 5.97. The fraction of sp³-hybridized carbons (Fsp3) is 0.500. The van der Waals surface area contributed by atoms with Crippen LogP contribution in [0.4, 0.5) is 0 Å². The third-order valence-electron chi connectivity index (χ3n) is 4.40. The molecule has 0 aliphatic heterocycles. The monoisotopic (exact) mass is 338 g/mol. The molecule has 2 aromatic rings. The molecule has 0 spiro atoms. The molecule has 1 aliphatic rings. The van der Waals surface area contributed by atoms with Gasteiger partial charge in [-0.3, -0.25) is 9.36 Å². The molecule has 6 nitrogen and oxygen atoms in total. The fourth-order valence-corrected chi connectivity index (χ4v) is 3.16. The molecule has 1 aromatic heterocycles. The van der Waals surface area contributed by atoms with Gasteiger partial charge >= 0.3 is 5.69 Å². The van der Waals surface area contributed by atoms with Gasteiger partial charge < -0.3 is 16.0 Å². The van der Waals surface area contributed by atoms with Gasteiger partial charge in [-0.05, 0) is 38.0 Å². The van der Waals surface area contributed by atoms with E-state index in [4.69, 9.17) is 5.73 Å². The minimum absolute atomic E-state index is 0. The van der Waals surface area contributed by atoms with Crippen molar-refractivity contribution in [3.63, 3.8) is 0 Å². The minimum Gasteiger partial charge on any atom is -0.348 e. The Hall–Kier alpha value is -1.79. The number of nitrogens with one attached hydrogen (secondary N) is 2. The van der Waals surface area contributed by atoms with E-state index in [2.05, 4.69) is 10.3 Å². The van der Waals surface area contributed by atoms with E-state index in [1.807, 2.05) is 17.6 Å². The third-order valence-corrected chi connectivity index (χ3v) is 4.40. The Morgan fingerprint density at radius 1 is 1.43 bits per heavy atom. The number of hydrogen-bond donors (Lipinski definition) is 3. The van der Waals surface area contributed by atoms with Crippen LogP contribution < -0.4 is 16.7 Å². The van der Waals surface area contributed by atoms with Crippen molar-refractivity contribution in [2.45, 2.75) is 44.7 Å². The minimum atomic E-state index is -0.172. The van der Waals surface area contributed by atoms with Gasteiger partial charge in [-0.1, -0.05) is 12.8 Å². The second-order valence-electron chi connectivity index (χ2n) is 6.08. The molecule has 23 heavy (non-hydrogen) atoms. The lowest BCUT2D eigenvalue weighted by atomic mass is 10.1. The highest BCUT2D eigenvalue weighted by Crippen LogP contribution is 2.30. The number of fused-ring (bicyclic) bond motifs is 1. The molecule has 7 heteroatoms. The average Bonchev–Trinajstić information content (AvgIpc) is 3.12. The molecule has 4 N–H and O–H groups in total. The Morgan fingerprint density at radius 3 is 2.78 bits per heavy atom. The lowest BCUT2D eigenvalue weighted by Crippen LogP contribution is -2.37. The highest BCUT2D eigenvalue weighted by atomic mass is 35.5. The van der Waals surface area contributed by atoms with Gasteiger partial charge in [-0.25, -0.2) is 4.79 Å². The van der Waals surface area contributed by atoms with E-state index < -0.39 is 0 Å². The number of carbonyl (C=O) groups excluding carboxylic acids is 1. The molecule has 1 aromatic carbocycles. The maximum Gasteiger partial charge on any atom is 0.326 e. The first-order valence-corrected chi connectivity index (χ1v) is 7.85. The molecule has 1 saturated carbocycles. The van der Waals surface area contributed by atoms with Crippen molar-refractivity contribution < 1.29 is 4.79 Å². The Morgan fingerprint density at radius 2 is 2.13 bits per heavy atom. The Bertz CT molecular complexity index is 746. The van der Waals surface area contributed by atoms with Crippen LogP contribution in [0.2, 0.25) is 0 Å². The van der Waals surface area contributed by atoms with Crippen molar-refractivity contribution in [3.05, 3.63) is 34.2 Å². The number of H-pyrrole nitrogens is 1. The summed E-state index contributed by atoms with van der Waals surface area (Å²) in [6.45, 7) is 2.25. The summed E-state index contributed by atoms with van der Waals surface area (Å²) in [5.41, 5.74) is 7.55. The van der Waals surface area contributed by atoms with Crippen LogP contribution in [0.3, 0.4) is 0 Å². The molecule has 1 fully saturated rings. The molecular formula is C16H23ClN4O2. The third kappa shape index (κ3) is 3.43. The molecule has 1 heterocycles. The summed E-state index contributed by atoms with van der Waals surface area (Å²) in [4.78, 5) is 27.2. The second kappa shape index (κ2) is 7.19. The van der Waals surface area contributed by atoms with Crippen LogP contribution in [-0.4, -0.2) is 28.0 Å². The number of halogens is 1. The normalized spacial score (nSPS) is 16.3. The van der Waals surface area contributed by atoms with Gasteiger partial charge in [0, 0.05) is 24.2 Å². The SMILES string of the molecule is C[C@@H](CN)NC(=O)c1ccc2c(c1)[nH]c(=O)n2C1CCCC1.Cl. The fourth-order valence-electron chi connectivity index (χ4n) is 3.16. The molecule has 0 radical (unpaired) electrons. The van der Waals surface area contributed by atoms with Crippen LogP contribution >= 0.6 is 12.4 Å². The van der Waals surface area contributed by atoms with Gasteiger partial charge in [0.05, 0.1) is 11.0 Å². The van der Waals surface area contributed by atoms with Crippen LogP contribution in [0.1, 0.15) is 49.0 Å². The molecule has 1 amide bonds. The van der Waals surface area contributed by atoms with E-state index in [9.17, 15) is 9.59 Å². The zero-order valence-corrected chi connectivity index (χ0v) is 14.0. The van der Waals surface area contributed by atoms with E-state index in [1.165, 1.54) is 12.8 Å². The first-order valence-electron chi connectivity index (χ1n) is 7.85. The summed E-state index contributed by atoms with van der Waals surface area (Å²) >= 11 is 0. The van der Waals surface area contributed by atoms with E-state index in [0.717, 1.165) is 18.4 Å². The van der Waals surface area contributed by atoms with Crippen molar-refractivity contribution in [1.82, 2.24) is 14.9 Å². The van der Waals surface area contributed by atoms with Crippen molar-refractivity contribution in [1.29, 1.82) is 0 Å². The predicted molar refractivity (Wildman–Crippen MR) is 93.3 cm³/mol. The van der Waals surface area contributed by atoms with Gasteiger partial charge in [0.1, 0.15) is 0 Å². The first-order chi connectivity index (χ1) is 10.6. The zero-order valence-electron chi connectivity index (χ0n) is 13.2. The number of hydrogen-bond acceptors (Lipinski definition) is 3. The molecule has 126 valence electrons. The van der Waals surface area contributed by atoms with Gasteiger partial charge in [-0.15, -0.1) is 12.4 Å². The Balaban J connectivity index is 0.00000192. The highest BCUT2D eigenvalue weighted by Gasteiger charge is 2.21. The summed E-state index contributed by atoms with van der Waals surface area (Å²) in [6, 6.07) is 5.55. The summed E-state index contributed by atoms with van der Waals surface area (Å²) in [5.74, 6) is -0.172. The smallest absolute Gasteiger partial charge is 0.326 e. The lowest BCUT2D eigenvalue weighted by molar-refractivity contribution is 0.0941. The summed E-state index contributed by atoms with van der Waals surface area (Å²) in [6.07, 6.45) is 4.43. The molecule has 0 saturated heterocycles. The van der Waals surface area contributed by atoms with Crippen molar-refractivity contribution >= 4 is 29.3 Å². The molecule has 1 aliphatic carbocycles.